The highest BCUT2D eigenvalue weighted by Crippen LogP contribution is 2.17. The summed E-state index contributed by atoms with van der Waals surface area (Å²) >= 11 is 2.26. The average molecular weight is 327 g/mol. The van der Waals surface area contributed by atoms with E-state index in [-0.39, 0.29) is 0 Å². The maximum Gasteiger partial charge on any atom is 0.145 e. The average Bonchev–Trinajstić information content (AvgIpc) is 2.29. The van der Waals surface area contributed by atoms with Crippen LogP contribution in [0.15, 0.2) is 36.7 Å². The van der Waals surface area contributed by atoms with Crippen LogP contribution in [0.1, 0.15) is 0 Å². The van der Waals surface area contributed by atoms with Crippen molar-refractivity contribution in [3.8, 4) is 0 Å². The van der Waals surface area contributed by atoms with Gasteiger partial charge < -0.3 is 10.7 Å². The summed E-state index contributed by atoms with van der Waals surface area (Å²) in [4.78, 5) is 8.02. The van der Waals surface area contributed by atoms with Crippen molar-refractivity contribution >= 4 is 39.9 Å². The van der Waals surface area contributed by atoms with Crippen LogP contribution in [0.2, 0.25) is 0 Å². The Kier molecular flexibility index (Phi) is 3.52. The minimum absolute atomic E-state index is 0.572. The third-order valence-electron chi connectivity index (χ3n) is 1.91. The fourth-order valence-corrected chi connectivity index (χ4v) is 1.76. The molecule has 0 aliphatic carbocycles. The number of rotatable bonds is 3. The SMILES string of the molecule is NNc1cc(Nc2cccc(I)c2)ncn1. The number of halogens is 1. The van der Waals surface area contributed by atoms with Crippen molar-refractivity contribution in [2.75, 3.05) is 10.7 Å². The first-order valence-electron chi connectivity index (χ1n) is 4.59. The standard InChI is InChI=1S/C10H10IN5/c11-7-2-1-3-8(4-7)15-9-5-10(16-12)14-6-13-9/h1-6H,12H2,(H2,13,14,15,16). The molecule has 0 saturated heterocycles. The predicted molar refractivity (Wildman–Crippen MR) is 72.3 cm³/mol. The summed E-state index contributed by atoms with van der Waals surface area (Å²) in [7, 11) is 0. The summed E-state index contributed by atoms with van der Waals surface area (Å²) in [5.41, 5.74) is 3.45. The summed E-state index contributed by atoms with van der Waals surface area (Å²) in [6.45, 7) is 0. The first-order chi connectivity index (χ1) is 7.78. The maximum absolute atomic E-state index is 5.27. The molecule has 0 atom stereocenters. The molecule has 0 spiro atoms. The molecule has 5 nitrogen and oxygen atoms in total. The van der Waals surface area contributed by atoms with Crippen LogP contribution >= 0.6 is 22.6 Å². The highest BCUT2D eigenvalue weighted by atomic mass is 127. The molecular weight excluding hydrogens is 317 g/mol. The van der Waals surface area contributed by atoms with Crippen LogP contribution in [0.5, 0.6) is 0 Å². The lowest BCUT2D eigenvalue weighted by molar-refractivity contribution is 1.14. The smallest absolute Gasteiger partial charge is 0.145 e. The zero-order valence-electron chi connectivity index (χ0n) is 8.31. The van der Waals surface area contributed by atoms with Gasteiger partial charge in [-0.1, -0.05) is 6.07 Å². The summed E-state index contributed by atoms with van der Waals surface area (Å²) in [6, 6.07) is 9.74. The normalized spacial score (nSPS) is 9.88. The van der Waals surface area contributed by atoms with E-state index >= 15 is 0 Å². The number of nitrogens with one attached hydrogen (secondary N) is 2. The molecule has 0 bridgehead atoms. The van der Waals surface area contributed by atoms with E-state index in [1.807, 2.05) is 24.3 Å². The summed E-state index contributed by atoms with van der Waals surface area (Å²) in [6.07, 6.45) is 1.45. The molecule has 1 aromatic heterocycles. The molecule has 0 radical (unpaired) electrons. The Morgan fingerprint density at radius 1 is 1.12 bits per heavy atom. The van der Waals surface area contributed by atoms with Gasteiger partial charge in [-0.15, -0.1) is 0 Å². The fraction of sp³-hybridized carbons (Fsp3) is 0. The number of hydrogen-bond donors (Lipinski definition) is 3. The van der Waals surface area contributed by atoms with Gasteiger partial charge in [0.1, 0.15) is 18.0 Å². The van der Waals surface area contributed by atoms with E-state index < -0.39 is 0 Å². The Morgan fingerprint density at radius 2 is 1.94 bits per heavy atom. The molecule has 16 heavy (non-hydrogen) atoms. The van der Waals surface area contributed by atoms with Crippen LogP contribution in [0.25, 0.3) is 0 Å². The van der Waals surface area contributed by atoms with Crippen LogP contribution in [0.3, 0.4) is 0 Å². The van der Waals surface area contributed by atoms with Gasteiger partial charge in [0.25, 0.3) is 0 Å². The molecule has 0 fully saturated rings. The van der Waals surface area contributed by atoms with E-state index in [0.717, 1.165) is 9.26 Å². The Hall–Kier alpha value is -1.41. The number of nitrogen functional groups attached to an aromatic ring is 1. The number of hydrazine groups is 1. The van der Waals surface area contributed by atoms with Crippen LogP contribution in [-0.4, -0.2) is 9.97 Å². The number of nitrogens with zero attached hydrogens (tertiary/aromatic N) is 2. The van der Waals surface area contributed by atoms with Crippen molar-refractivity contribution in [3.05, 3.63) is 40.2 Å². The van der Waals surface area contributed by atoms with Crippen molar-refractivity contribution in [2.45, 2.75) is 0 Å². The minimum Gasteiger partial charge on any atom is -0.340 e. The molecule has 4 N–H and O–H groups in total. The Labute approximate surface area is 107 Å². The fourth-order valence-electron chi connectivity index (χ4n) is 1.22. The van der Waals surface area contributed by atoms with Gasteiger partial charge in [-0.3, -0.25) is 0 Å². The second-order valence-electron chi connectivity index (χ2n) is 3.07. The van der Waals surface area contributed by atoms with E-state index in [2.05, 4.69) is 43.3 Å². The maximum atomic E-state index is 5.27. The lowest BCUT2D eigenvalue weighted by Crippen LogP contribution is -2.09. The summed E-state index contributed by atoms with van der Waals surface area (Å²) in [5, 5.41) is 3.17. The molecule has 1 aromatic carbocycles. The molecule has 0 aliphatic heterocycles. The molecular formula is C10H10IN5. The molecule has 82 valence electrons. The van der Waals surface area contributed by atoms with Gasteiger partial charge in [0.15, 0.2) is 0 Å². The van der Waals surface area contributed by atoms with Gasteiger partial charge in [-0.05, 0) is 40.8 Å². The minimum atomic E-state index is 0.572. The first kappa shape index (κ1) is 11.1. The molecule has 0 saturated carbocycles. The van der Waals surface area contributed by atoms with Crippen molar-refractivity contribution in [1.29, 1.82) is 0 Å². The van der Waals surface area contributed by atoms with Gasteiger partial charge in [0, 0.05) is 15.3 Å². The third kappa shape index (κ3) is 2.80. The first-order valence-corrected chi connectivity index (χ1v) is 5.67. The molecule has 0 unspecified atom stereocenters. The lowest BCUT2D eigenvalue weighted by atomic mass is 10.3. The zero-order valence-corrected chi connectivity index (χ0v) is 10.5. The van der Waals surface area contributed by atoms with Crippen LogP contribution < -0.4 is 16.6 Å². The summed E-state index contributed by atoms with van der Waals surface area (Å²) < 4.78 is 1.16. The predicted octanol–water partition coefficient (Wildman–Crippen LogP) is 2.11. The van der Waals surface area contributed by atoms with Crippen molar-refractivity contribution < 1.29 is 0 Å². The van der Waals surface area contributed by atoms with Gasteiger partial charge in [0.2, 0.25) is 0 Å². The lowest BCUT2D eigenvalue weighted by Gasteiger charge is -2.06. The Morgan fingerprint density at radius 3 is 2.69 bits per heavy atom. The van der Waals surface area contributed by atoms with E-state index in [4.69, 9.17) is 5.84 Å². The zero-order chi connectivity index (χ0) is 11.4. The highest BCUT2D eigenvalue weighted by molar-refractivity contribution is 14.1. The van der Waals surface area contributed by atoms with Gasteiger partial charge in [-0.25, -0.2) is 15.8 Å². The van der Waals surface area contributed by atoms with Gasteiger partial charge in [0.05, 0.1) is 0 Å². The van der Waals surface area contributed by atoms with Crippen LogP contribution in [0, 0.1) is 3.57 Å². The second-order valence-corrected chi connectivity index (χ2v) is 4.31. The Balaban J connectivity index is 2.20. The number of aromatic nitrogens is 2. The van der Waals surface area contributed by atoms with E-state index in [1.54, 1.807) is 6.07 Å². The third-order valence-corrected chi connectivity index (χ3v) is 2.58. The number of benzene rings is 1. The summed E-state index contributed by atoms with van der Waals surface area (Å²) in [5.74, 6) is 6.54. The monoisotopic (exact) mass is 327 g/mol. The topological polar surface area (TPSA) is 75.9 Å². The van der Waals surface area contributed by atoms with Crippen LogP contribution in [-0.2, 0) is 0 Å². The number of anilines is 3. The molecule has 6 heteroatoms. The number of nitrogens with two attached hydrogens (primary N) is 1. The Bertz CT molecular complexity index is 488. The quantitative estimate of drug-likeness (QED) is 0.457. The van der Waals surface area contributed by atoms with Crippen molar-refractivity contribution in [2.24, 2.45) is 5.84 Å². The molecule has 2 rings (SSSR count). The van der Waals surface area contributed by atoms with Crippen molar-refractivity contribution in [3.63, 3.8) is 0 Å². The molecule has 2 aromatic rings. The van der Waals surface area contributed by atoms with E-state index in [9.17, 15) is 0 Å². The van der Waals surface area contributed by atoms with Gasteiger partial charge in [-0.2, -0.15) is 0 Å². The van der Waals surface area contributed by atoms with Gasteiger partial charge >= 0.3 is 0 Å². The van der Waals surface area contributed by atoms with E-state index in [1.165, 1.54) is 6.33 Å². The molecule has 0 amide bonds. The molecule has 1 heterocycles. The second kappa shape index (κ2) is 5.08. The highest BCUT2D eigenvalue weighted by Gasteiger charge is 1.98. The van der Waals surface area contributed by atoms with Crippen molar-refractivity contribution in [1.82, 2.24) is 9.97 Å². The largest absolute Gasteiger partial charge is 0.340 e. The number of hydrogen-bond acceptors (Lipinski definition) is 5. The van der Waals surface area contributed by atoms with E-state index in [0.29, 0.717) is 11.6 Å². The molecule has 0 aliphatic rings. The van der Waals surface area contributed by atoms with Crippen LogP contribution in [0.4, 0.5) is 17.3 Å².